The molecule has 2 heterocycles. The average Bonchev–Trinajstić information content (AvgIpc) is 3.77. The molecule has 0 amide bonds. The van der Waals surface area contributed by atoms with Crippen molar-refractivity contribution in [3.05, 3.63) is 222 Å². The van der Waals surface area contributed by atoms with E-state index >= 15 is 0 Å². The molecule has 0 aliphatic heterocycles. The second-order valence-electron chi connectivity index (χ2n) is 15.0. The van der Waals surface area contributed by atoms with Gasteiger partial charge >= 0.3 is 0 Å². The topological polar surface area (TPSA) is 38.7 Å². The number of para-hydroxylation sites is 1. The van der Waals surface area contributed by atoms with E-state index in [-0.39, 0.29) is 0 Å². The largest absolute Gasteiger partial charge is 0.247 e. The molecule has 2 aliphatic carbocycles. The molecular weight excluding hydrogens is 691 g/mol. The zero-order chi connectivity index (χ0) is 37.5. The van der Waals surface area contributed by atoms with Crippen molar-refractivity contribution in [1.29, 1.82) is 0 Å². The maximum absolute atomic E-state index is 5.39. The quantitative estimate of drug-likeness (QED) is 0.170. The lowest BCUT2D eigenvalue weighted by atomic mass is 9.70. The van der Waals surface area contributed by atoms with Gasteiger partial charge in [0.15, 0.2) is 5.82 Å². The first-order valence-electron chi connectivity index (χ1n) is 19.5. The summed E-state index contributed by atoms with van der Waals surface area (Å²) in [5.41, 5.74) is 18.0. The van der Waals surface area contributed by atoms with Crippen LogP contribution in [0.5, 0.6) is 0 Å². The normalized spacial score (nSPS) is 13.1. The number of hydrogen-bond donors (Lipinski definition) is 0. The lowest BCUT2D eigenvalue weighted by Gasteiger charge is -2.30. The van der Waals surface area contributed by atoms with Gasteiger partial charge < -0.3 is 0 Å². The van der Waals surface area contributed by atoms with Crippen LogP contribution in [0, 0.1) is 0 Å². The predicted octanol–water partition coefficient (Wildman–Crippen LogP) is 13.2. The van der Waals surface area contributed by atoms with Crippen LogP contribution in [0.3, 0.4) is 0 Å². The molecule has 12 rings (SSSR count). The molecule has 0 fully saturated rings. The molecule has 1 spiro atoms. The summed E-state index contributed by atoms with van der Waals surface area (Å²) >= 11 is 0. The first-order valence-corrected chi connectivity index (χ1v) is 19.5. The van der Waals surface area contributed by atoms with Crippen LogP contribution in [0.1, 0.15) is 22.3 Å². The summed E-state index contributed by atoms with van der Waals surface area (Å²) in [6.07, 6.45) is 0. The van der Waals surface area contributed by atoms with Gasteiger partial charge in [0, 0.05) is 38.4 Å². The summed E-state index contributed by atoms with van der Waals surface area (Å²) in [7, 11) is 0. The van der Waals surface area contributed by atoms with Gasteiger partial charge in [-0.15, -0.1) is 0 Å². The second kappa shape index (κ2) is 12.3. The summed E-state index contributed by atoms with van der Waals surface area (Å²) in [6.45, 7) is 0. The molecular formula is C54H33N3. The highest BCUT2D eigenvalue weighted by Crippen LogP contribution is 2.64. The van der Waals surface area contributed by atoms with Gasteiger partial charge in [0.1, 0.15) is 0 Å². The number of aromatic nitrogens is 3. The third-order valence-electron chi connectivity index (χ3n) is 12.1. The highest BCUT2D eigenvalue weighted by Gasteiger charge is 2.52. The Bertz CT molecular complexity index is 3120. The maximum atomic E-state index is 5.39. The zero-order valence-electron chi connectivity index (χ0n) is 30.9. The Morgan fingerprint density at radius 3 is 1.47 bits per heavy atom. The van der Waals surface area contributed by atoms with Crippen LogP contribution in [-0.2, 0) is 5.41 Å². The van der Waals surface area contributed by atoms with Crippen LogP contribution in [0.25, 0.3) is 89.1 Å². The minimum Gasteiger partial charge on any atom is -0.247 e. The Hall–Kier alpha value is -7.49. The molecule has 0 N–H and O–H groups in total. The van der Waals surface area contributed by atoms with E-state index < -0.39 is 5.41 Å². The van der Waals surface area contributed by atoms with E-state index in [2.05, 4.69) is 164 Å². The van der Waals surface area contributed by atoms with Gasteiger partial charge in [-0.2, -0.15) is 0 Å². The maximum Gasteiger partial charge on any atom is 0.160 e. The molecule has 3 nitrogen and oxygen atoms in total. The number of fused-ring (bicyclic) bond motifs is 14. The van der Waals surface area contributed by atoms with Crippen molar-refractivity contribution in [1.82, 2.24) is 15.0 Å². The average molecular weight is 724 g/mol. The smallest absolute Gasteiger partial charge is 0.160 e. The molecule has 0 atom stereocenters. The van der Waals surface area contributed by atoms with E-state index in [1.54, 1.807) is 0 Å². The van der Waals surface area contributed by atoms with Crippen LogP contribution in [-0.4, -0.2) is 15.0 Å². The second-order valence-corrected chi connectivity index (χ2v) is 15.0. The van der Waals surface area contributed by atoms with Gasteiger partial charge in [0.05, 0.1) is 28.0 Å². The zero-order valence-corrected chi connectivity index (χ0v) is 30.9. The fraction of sp³-hybridized carbons (Fsp3) is 0.0185. The minimum atomic E-state index is -0.410. The van der Waals surface area contributed by atoms with E-state index in [0.29, 0.717) is 5.82 Å². The molecule has 57 heavy (non-hydrogen) atoms. The third kappa shape index (κ3) is 4.57. The monoisotopic (exact) mass is 723 g/mol. The Balaban J connectivity index is 1.07. The minimum absolute atomic E-state index is 0.410. The molecule has 0 bridgehead atoms. The van der Waals surface area contributed by atoms with Crippen molar-refractivity contribution >= 4 is 21.7 Å². The van der Waals surface area contributed by atoms with E-state index in [1.165, 1.54) is 49.9 Å². The molecule has 0 radical (unpaired) electrons. The van der Waals surface area contributed by atoms with Crippen molar-refractivity contribution in [2.75, 3.05) is 0 Å². The molecule has 2 aromatic heterocycles. The van der Waals surface area contributed by atoms with Gasteiger partial charge in [0.25, 0.3) is 0 Å². The van der Waals surface area contributed by atoms with Gasteiger partial charge in [0.2, 0.25) is 0 Å². The molecule has 3 heteroatoms. The fourth-order valence-electron chi connectivity index (χ4n) is 9.71. The van der Waals surface area contributed by atoms with Crippen molar-refractivity contribution in [3.63, 3.8) is 0 Å². The van der Waals surface area contributed by atoms with Crippen LogP contribution in [0.4, 0.5) is 0 Å². The Morgan fingerprint density at radius 2 is 0.842 bits per heavy atom. The van der Waals surface area contributed by atoms with Crippen LogP contribution in [0.15, 0.2) is 200 Å². The van der Waals surface area contributed by atoms with Gasteiger partial charge in [-0.3, -0.25) is 0 Å². The SMILES string of the molecule is c1ccc(-c2cc(-c3ccccc3)nc(-c3ccc(-c4nc5ccccc5c5c6c(ccc45)C4(c5ccccc5-c5ccccc54)c4ccccc4-6)cc3)n2)cc1. The highest BCUT2D eigenvalue weighted by molar-refractivity contribution is 6.20. The predicted molar refractivity (Wildman–Crippen MR) is 233 cm³/mol. The number of rotatable bonds is 4. The Labute approximate surface area is 330 Å². The first kappa shape index (κ1) is 31.8. The number of nitrogens with zero attached hydrogens (tertiary/aromatic N) is 3. The van der Waals surface area contributed by atoms with Crippen molar-refractivity contribution in [2.24, 2.45) is 0 Å². The number of pyridine rings is 1. The van der Waals surface area contributed by atoms with Crippen molar-refractivity contribution in [3.8, 4) is 67.4 Å². The van der Waals surface area contributed by atoms with Crippen LogP contribution in [0.2, 0.25) is 0 Å². The highest BCUT2D eigenvalue weighted by atomic mass is 14.9. The Kier molecular flexibility index (Phi) is 6.84. The van der Waals surface area contributed by atoms with E-state index in [1.807, 2.05) is 36.4 Å². The van der Waals surface area contributed by atoms with Gasteiger partial charge in [-0.05, 0) is 56.6 Å². The van der Waals surface area contributed by atoms with E-state index in [0.717, 1.165) is 55.6 Å². The summed E-state index contributed by atoms with van der Waals surface area (Å²) in [5, 5.41) is 3.55. The van der Waals surface area contributed by atoms with E-state index in [4.69, 9.17) is 15.0 Å². The molecule has 0 saturated heterocycles. The van der Waals surface area contributed by atoms with Gasteiger partial charge in [-0.25, -0.2) is 15.0 Å². The molecule has 264 valence electrons. The molecule has 8 aromatic carbocycles. The first-order chi connectivity index (χ1) is 28.3. The standard InChI is InChI=1S/C54H33N3/c1-3-15-34(16-4-1)48-33-49(35-17-5-2-6-18-35)57-53(56-48)37-29-27-36(28-30-37)52-42-31-32-46-51(50(42)41-22-10-14-26-47(41)55-52)40-21-9-13-25-45(40)54(46)43-23-11-7-19-38(43)39-20-8-12-24-44(39)54/h1-33H. The van der Waals surface area contributed by atoms with Crippen LogP contribution < -0.4 is 0 Å². The number of hydrogen-bond acceptors (Lipinski definition) is 3. The summed E-state index contributed by atoms with van der Waals surface area (Å²) < 4.78 is 0. The molecule has 0 unspecified atom stereocenters. The molecule has 10 aromatic rings. The third-order valence-corrected chi connectivity index (χ3v) is 12.1. The molecule has 0 saturated carbocycles. The lowest BCUT2D eigenvalue weighted by molar-refractivity contribution is 0.794. The van der Waals surface area contributed by atoms with Crippen molar-refractivity contribution in [2.45, 2.75) is 5.41 Å². The number of benzene rings is 8. The van der Waals surface area contributed by atoms with E-state index in [9.17, 15) is 0 Å². The Morgan fingerprint density at radius 1 is 0.333 bits per heavy atom. The molecule has 2 aliphatic rings. The summed E-state index contributed by atoms with van der Waals surface area (Å²) in [5.74, 6) is 0.690. The van der Waals surface area contributed by atoms with Crippen molar-refractivity contribution < 1.29 is 0 Å². The van der Waals surface area contributed by atoms with Crippen LogP contribution >= 0.6 is 0 Å². The fourth-order valence-corrected chi connectivity index (χ4v) is 9.71. The summed E-state index contributed by atoms with van der Waals surface area (Å²) in [4.78, 5) is 15.6. The lowest BCUT2D eigenvalue weighted by Crippen LogP contribution is -2.25. The summed E-state index contributed by atoms with van der Waals surface area (Å²) in [6, 6.07) is 71.8. The van der Waals surface area contributed by atoms with Gasteiger partial charge in [-0.1, -0.05) is 188 Å².